The smallest absolute Gasteiger partial charge is 0.133 e. The first-order chi connectivity index (χ1) is 7.29. The summed E-state index contributed by atoms with van der Waals surface area (Å²) in [6.07, 6.45) is 8.88. The van der Waals surface area contributed by atoms with Crippen LogP contribution in [0.15, 0.2) is 12.4 Å². The van der Waals surface area contributed by atoms with Gasteiger partial charge in [-0.3, -0.25) is 9.48 Å². The summed E-state index contributed by atoms with van der Waals surface area (Å²) in [6, 6.07) is 0. The molecule has 0 spiro atoms. The van der Waals surface area contributed by atoms with Gasteiger partial charge in [-0.15, -0.1) is 0 Å². The molecule has 1 aliphatic carbocycles. The Morgan fingerprint density at radius 2 is 2.40 bits per heavy atom. The highest BCUT2D eigenvalue weighted by Crippen LogP contribution is 2.29. The third-order valence-corrected chi connectivity index (χ3v) is 3.18. The lowest BCUT2D eigenvalue weighted by Crippen LogP contribution is -2.02. The molecule has 1 heterocycles. The highest BCUT2D eigenvalue weighted by Gasteiger charge is 2.20. The Balaban J connectivity index is 2.10. The largest absolute Gasteiger partial charge is 0.300 e. The van der Waals surface area contributed by atoms with Crippen LogP contribution in [-0.4, -0.2) is 15.6 Å². The van der Waals surface area contributed by atoms with Crippen LogP contribution in [0.25, 0.3) is 0 Å². The Labute approximate surface area is 90.5 Å². The van der Waals surface area contributed by atoms with E-state index in [1.807, 2.05) is 10.9 Å². The minimum Gasteiger partial charge on any atom is -0.300 e. The van der Waals surface area contributed by atoms with E-state index in [1.165, 1.54) is 12.0 Å². The summed E-state index contributed by atoms with van der Waals surface area (Å²) < 4.78 is 1.94. The van der Waals surface area contributed by atoms with Crippen molar-refractivity contribution in [3.05, 3.63) is 18.0 Å². The quantitative estimate of drug-likeness (QED) is 0.697. The number of aromatic nitrogens is 2. The molecule has 0 amide bonds. The maximum Gasteiger partial charge on any atom is 0.133 e. The Kier molecular flexibility index (Phi) is 3.19. The number of rotatable bonds is 2. The molecular formula is C12H18N2O. The van der Waals surface area contributed by atoms with Crippen LogP contribution >= 0.6 is 0 Å². The fourth-order valence-electron chi connectivity index (χ4n) is 2.24. The molecule has 1 fully saturated rings. The molecule has 1 atom stereocenters. The van der Waals surface area contributed by atoms with Gasteiger partial charge in [0.05, 0.1) is 6.20 Å². The van der Waals surface area contributed by atoms with E-state index in [4.69, 9.17) is 0 Å². The van der Waals surface area contributed by atoms with Crippen molar-refractivity contribution in [2.24, 2.45) is 0 Å². The molecule has 0 radical (unpaired) electrons. The van der Waals surface area contributed by atoms with E-state index in [9.17, 15) is 4.79 Å². The molecule has 1 aromatic rings. The number of hydrogen-bond acceptors (Lipinski definition) is 2. The van der Waals surface area contributed by atoms with Gasteiger partial charge in [0.1, 0.15) is 5.78 Å². The van der Waals surface area contributed by atoms with Gasteiger partial charge in [0.15, 0.2) is 0 Å². The van der Waals surface area contributed by atoms with Crippen molar-refractivity contribution in [2.75, 3.05) is 0 Å². The summed E-state index contributed by atoms with van der Waals surface area (Å²) in [5.74, 6) is 0.835. The van der Waals surface area contributed by atoms with Crippen LogP contribution in [0.5, 0.6) is 0 Å². The topological polar surface area (TPSA) is 34.9 Å². The summed E-state index contributed by atoms with van der Waals surface area (Å²) in [5.41, 5.74) is 1.24. The zero-order chi connectivity index (χ0) is 10.7. The number of aryl methyl sites for hydroxylation is 1. The second-order valence-corrected chi connectivity index (χ2v) is 4.31. The molecule has 1 unspecified atom stereocenters. The van der Waals surface area contributed by atoms with Crippen molar-refractivity contribution in [1.82, 2.24) is 9.78 Å². The summed E-state index contributed by atoms with van der Waals surface area (Å²) in [4.78, 5) is 11.5. The predicted octanol–water partition coefficient (Wildman–Crippen LogP) is 2.52. The normalized spacial score (nSPS) is 22.7. The molecule has 1 aromatic heterocycles. The van der Waals surface area contributed by atoms with Crippen molar-refractivity contribution in [3.63, 3.8) is 0 Å². The minimum absolute atomic E-state index is 0.417. The SMILES string of the molecule is CCn1cc(C2CCCCC(=O)C2)cn1. The first kappa shape index (κ1) is 10.4. The molecule has 0 aliphatic heterocycles. The molecule has 15 heavy (non-hydrogen) atoms. The second kappa shape index (κ2) is 4.60. The standard InChI is InChI=1S/C12H18N2O/c1-2-14-9-11(8-13-14)10-5-3-4-6-12(15)7-10/h8-10H,2-7H2,1H3. The molecule has 1 saturated carbocycles. The van der Waals surface area contributed by atoms with Crippen molar-refractivity contribution in [2.45, 2.75) is 51.5 Å². The molecule has 0 bridgehead atoms. The van der Waals surface area contributed by atoms with Gasteiger partial charge in [-0.05, 0) is 31.2 Å². The van der Waals surface area contributed by atoms with Gasteiger partial charge in [0, 0.05) is 25.6 Å². The maximum atomic E-state index is 11.5. The van der Waals surface area contributed by atoms with E-state index in [2.05, 4.69) is 18.2 Å². The predicted molar refractivity (Wildman–Crippen MR) is 58.7 cm³/mol. The van der Waals surface area contributed by atoms with Crippen LogP contribution in [0.4, 0.5) is 0 Å². The highest BCUT2D eigenvalue weighted by molar-refractivity contribution is 5.79. The number of carbonyl (C=O) groups is 1. The van der Waals surface area contributed by atoms with Crippen molar-refractivity contribution < 1.29 is 4.79 Å². The highest BCUT2D eigenvalue weighted by atomic mass is 16.1. The van der Waals surface area contributed by atoms with Crippen LogP contribution in [0, 0.1) is 0 Å². The van der Waals surface area contributed by atoms with E-state index in [-0.39, 0.29) is 0 Å². The Morgan fingerprint density at radius 3 is 3.13 bits per heavy atom. The fourth-order valence-corrected chi connectivity index (χ4v) is 2.24. The van der Waals surface area contributed by atoms with Crippen molar-refractivity contribution in [3.8, 4) is 0 Å². The zero-order valence-electron chi connectivity index (χ0n) is 9.28. The molecule has 0 N–H and O–H groups in total. The number of carbonyl (C=O) groups excluding carboxylic acids is 1. The Hall–Kier alpha value is -1.12. The number of Topliss-reactive ketones (excluding diaryl/α,β-unsaturated/α-hetero) is 1. The van der Waals surface area contributed by atoms with Gasteiger partial charge in [-0.1, -0.05) is 6.42 Å². The molecule has 3 nitrogen and oxygen atoms in total. The molecule has 2 rings (SSSR count). The molecule has 1 aliphatic rings. The summed E-state index contributed by atoms with van der Waals surface area (Å²) in [6.45, 7) is 2.98. The van der Waals surface area contributed by atoms with Crippen LogP contribution in [0.3, 0.4) is 0 Å². The van der Waals surface area contributed by atoms with Gasteiger partial charge < -0.3 is 0 Å². The van der Waals surface area contributed by atoms with Gasteiger partial charge >= 0.3 is 0 Å². The van der Waals surface area contributed by atoms with Gasteiger partial charge in [0.25, 0.3) is 0 Å². The van der Waals surface area contributed by atoms with E-state index >= 15 is 0 Å². The monoisotopic (exact) mass is 206 g/mol. The van der Waals surface area contributed by atoms with Crippen LogP contribution in [-0.2, 0) is 11.3 Å². The third kappa shape index (κ3) is 2.46. The third-order valence-electron chi connectivity index (χ3n) is 3.18. The van der Waals surface area contributed by atoms with Crippen LogP contribution in [0.1, 0.15) is 50.5 Å². The number of ketones is 1. The molecule has 82 valence electrons. The first-order valence-electron chi connectivity index (χ1n) is 5.83. The fraction of sp³-hybridized carbons (Fsp3) is 0.667. The van der Waals surface area contributed by atoms with E-state index in [1.54, 1.807) is 0 Å². The van der Waals surface area contributed by atoms with E-state index in [0.717, 1.165) is 32.2 Å². The first-order valence-corrected chi connectivity index (χ1v) is 5.83. The lowest BCUT2D eigenvalue weighted by Gasteiger charge is -2.09. The van der Waals surface area contributed by atoms with Gasteiger partial charge in [-0.2, -0.15) is 5.10 Å². The lowest BCUT2D eigenvalue weighted by atomic mass is 9.94. The number of hydrogen-bond donors (Lipinski definition) is 0. The average molecular weight is 206 g/mol. The van der Waals surface area contributed by atoms with Gasteiger partial charge in [-0.25, -0.2) is 0 Å². The van der Waals surface area contributed by atoms with Crippen molar-refractivity contribution >= 4 is 5.78 Å². The molecule has 0 aromatic carbocycles. The Bertz CT molecular complexity index is 343. The molecule has 0 saturated heterocycles. The molecule has 3 heteroatoms. The minimum atomic E-state index is 0.417. The van der Waals surface area contributed by atoms with Gasteiger partial charge in [0.2, 0.25) is 0 Å². The van der Waals surface area contributed by atoms with Crippen LogP contribution < -0.4 is 0 Å². The summed E-state index contributed by atoms with van der Waals surface area (Å²) in [7, 11) is 0. The van der Waals surface area contributed by atoms with E-state index in [0.29, 0.717) is 11.7 Å². The second-order valence-electron chi connectivity index (χ2n) is 4.31. The van der Waals surface area contributed by atoms with Crippen molar-refractivity contribution in [1.29, 1.82) is 0 Å². The van der Waals surface area contributed by atoms with Crippen LogP contribution in [0.2, 0.25) is 0 Å². The summed E-state index contributed by atoms with van der Waals surface area (Å²) >= 11 is 0. The van der Waals surface area contributed by atoms with E-state index < -0.39 is 0 Å². The average Bonchev–Trinajstić information content (AvgIpc) is 2.61. The zero-order valence-corrected chi connectivity index (χ0v) is 9.28. The lowest BCUT2D eigenvalue weighted by molar-refractivity contribution is -0.119. The number of nitrogens with zero attached hydrogens (tertiary/aromatic N) is 2. The summed E-state index contributed by atoms with van der Waals surface area (Å²) in [5, 5.41) is 4.27. The molecular weight excluding hydrogens is 188 g/mol. The Morgan fingerprint density at radius 1 is 1.53 bits per heavy atom. The maximum absolute atomic E-state index is 11.5.